The Bertz CT molecular complexity index is 875. The van der Waals surface area contributed by atoms with Gasteiger partial charge in [-0.25, -0.2) is 18.4 Å². The highest BCUT2D eigenvalue weighted by atomic mass is 32.2. The van der Waals surface area contributed by atoms with Gasteiger partial charge in [0.25, 0.3) is 0 Å². The molecule has 0 spiro atoms. The summed E-state index contributed by atoms with van der Waals surface area (Å²) >= 11 is 0. The van der Waals surface area contributed by atoms with E-state index in [1.54, 1.807) is 30.5 Å². The minimum atomic E-state index is -3.44. The van der Waals surface area contributed by atoms with E-state index in [2.05, 4.69) is 25.9 Å². The Hall–Kier alpha value is -2.07. The highest BCUT2D eigenvalue weighted by molar-refractivity contribution is 7.89. The van der Waals surface area contributed by atoms with Gasteiger partial charge in [0.15, 0.2) is 0 Å². The van der Waals surface area contributed by atoms with Gasteiger partial charge < -0.3 is 16.0 Å². The third-order valence-electron chi connectivity index (χ3n) is 4.91. The van der Waals surface area contributed by atoms with Crippen molar-refractivity contribution >= 4 is 16.0 Å². The van der Waals surface area contributed by atoms with Crippen LogP contribution < -0.4 is 16.0 Å². The van der Waals surface area contributed by atoms with Crippen LogP contribution >= 0.6 is 0 Å². The molecule has 8 nitrogen and oxygen atoms in total. The quantitative estimate of drug-likeness (QED) is 0.686. The first-order chi connectivity index (χ1) is 13.1. The summed E-state index contributed by atoms with van der Waals surface area (Å²) in [6.45, 7) is 4.28. The fourth-order valence-corrected chi connectivity index (χ4v) is 4.82. The Balaban J connectivity index is 1.52. The molecule has 2 aliphatic heterocycles. The normalized spacial score (nSPS) is 21.3. The molecule has 4 rings (SSSR count). The second-order valence-corrected chi connectivity index (χ2v) is 8.72. The van der Waals surface area contributed by atoms with Gasteiger partial charge in [0.1, 0.15) is 0 Å². The Morgan fingerprint density at radius 2 is 1.81 bits per heavy atom. The van der Waals surface area contributed by atoms with Crippen molar-refractivity contribution in [2.24, 2.45) is 0 Å². The summed E-state index contributed by atoms with van der Waals surface area (Å²) in [4.78, 5) is 9.18. The van der Waals surface area contributed by atoms with Gasteiger partial charge >= 0.3 is 0 Å². The van der Waals surface area contributed by atoms with Crippen LogP contribution in [0.3, 0.4) is 0 Å². The highest BCUT2D eigenvalue weighted by Gasteiger charge is 2.25. The van der Waals surface area contributed by atoms with Crippen LogP contribution in [0.2, 0.25) is 0 Å². The number of hydrogen-bond acceptors (Lipinski definition) is 7. The number of aromatic nitrogens is 2. The maximum Gasteiger partial charge on any atom is 0.243 e. The van der Waals surface area contributed by atoms with Crippen LogP contribution in [0.5, 0.6) is 0 Å². The van der Waals surface area contributed by atoms with Gasteiger partial charge in [-0.2, -0.15) is 4.31 Å². The molecule has 27 heavy (non-hydrogen) atoms. The summed E-state index contributed by atoms with van der Waals surface area (Å²) in [5, 5.41) is 9.81. The minimum absolute atomic E-state index is 0.317. The molecule has 0 radical (unpaired) electrons. The van der Waals surface area contributed by atoms with Crippen molar-refractivity contribution in [3.8, 4) is 11.3 Å². The van der Waals surface area contributed by atoms with Gasteiger partial charge in [0, 0.05) is 50.5 Å². The molecule has 3 heterocycles. The molecule has 0 bridgehead atoms. The molecule has 2 saturated heterocycles. The van der Waals surface area contributed by atoms with Gasteiger partial charge in [0.2, 0.25) is 16.0 Å². The number of nitrogens with zero attached hydrogens (tertiary/aromatic N) is 3. The zero-order chi connectivity index (χ0) is 18.7. The van der Waals surface area contributed by atoms with E-state index in [-0.39, 0.29) is 0 Å². The maximum absolute atomic E-state index is 12.7. The molecule has 2 fully saturated rings. The fourth-order valence-electron chi connectivity index (χ4n) is 3.38. The first-order valence-electron chi connectivity index (χ1n) is 9.24. The molecule has 1 aromatic heterocycles. The van der Waals surface area contributed by atoms with Crippen molar-refractivity contribution in [3.05, 3.63) is 36.5 Å². The van der Waals surface area contributed by atoms with Crippen molar-refractivity contribution in [1.82, 2.24) is 24.9 Å². The summed E-state index contributed by atoms with van der Waals surface area (Å²) in [6.07, 6.45) is 2.77. The lowest BCUT2D eigenvalue weighted by Crippen LogP contribution is -2.46. The Morgan fingerprint density at radius 3 is 2.52 bits per heavy atom. The van der Waals surface area contributed by atoms with Crippen LogP contribution in [0.15, 0.2) is 41.4 Å². The summed E-state index contributed by atoms with van der Waals surface area (Å²) in [7, 11) is -3.44. The number of anilines is 1. The molecule has 1 atom stereocenters. The van der Waals surface area contributed by atoms with Gasteiger partial charge in [-0.3, -0.25) is 0 Å². The molecule has 0 unspecified atom stereocenters. The Labute approximate surface area is 159 Å². The zero-order valence-corrected chi connectivity index (χ0v) is 15.9. The third-order valence-corrected chi connectivity index (χ3v) is 6.83. The molecule has 2 aromatic rings. The first-order valence-corrected chi connectivity index (χ1v) is 10.7. The average molecular weight is 388 g/mol. The van der Waals surface area contributed by atoms with Crippen LogP contribution in [-0.2, 0) is 10.0 Å². The second-order valence-electron chi connectivity index (χ2n) is 6.78. The van der Waals surface area contributed by atoms with Gasteiger partial charge in [-0.1, -0.05) is 12.1 Å². The highest BCUT2D eigenvalue weighted by Crippen LogP contribution is 2.22. The van der Waals surface area contributed by atoms with Gasteiger partial charge in [-0.05, 0) is 31.2 Å². The van der Waals surface area contributed by atoms with Crippen molar-refractivity contribution in [1.29, 1.82) is 0 Å². The van der Waals surface area contributed by atoms with Crippen molar-refractivity contribution in [3.63, 3.8) is 0 Å². The standard InChI is InChI=1S/C18H24N6O2S/c25-27(26,24-11-9-19-10-12-24)16-3-1-14(2-4-16)17-6-8-21-18(23-17)22-15-5-7-20-13-15/h1-4,6,8,15,19-20H,5,7,9-13H2,(H,21,22,23)/t15-/m1/s1. The van der Waals surface area contributed by atoms with Crippen LogP contribution in [0.25, 0.3) is 11.3 Å². The van der Waals surface area contributed by atoms with Crippen LogP contribution in [-0.4, -0.2) is 68.0 Å². The maximum atomic E-state index is 12.7. The summed E-state index contributed by atoms with van der Waals surface area (Å²) in [5.74, 6) is 0.596. The molecule has 3 N–H and O–H groups in total. The zero-order valence-electron chi connectivity index (χ0n) is 15.1. The molecule has 0 aliphatic carbocycles. The molecular weight excluding hydrogens is 364 g/mol. The van der Waals surface area contributed by atoms with E-state index < -0.39 is 10.0 Å². The van der Waals surface area contributed by atoms with Crippen molar-refractivity contribution in [2.75, 3.05) is 44.6 Å². The van der Waals surface area contributed by atoms with Crippen LogP contribution in [0.1, 0.15) is 6.42 Å². The lowest BCUT2D eigenvalue weighted by molar-refractivity contribution is 0.360. The number of rotatable bonds is 5. The monoisotopic (exact) mass is 388 g/mol. The van der Waals surface area contributed by atoms with E-state index >= 15 is 0 Å². The number of nitrogens with one attached hydrogen (secondary N) is 3. The number of hydrogen-bond donors (Lipinski definition) is 3. The van der Waals surface area contributed by atoms with E-state index in [0.717, 1.165) is 30.8 Å². The van der Waals surface area contributed by atoms with Gasteiger partial charge in [0.05, 0.1) is 10.6 Å². The van der Waals surface area contributed by atoms with E-state index in [4.69, 9.17) is 0 Å². The lowest BCUT2D eigenvalue weighted by atomic mass is 10.1. The van der Waals surface area contributed by atoms with E-state index in [0.29, 0.717) is 43.1 Å². The van der Waals surface area contributed by atoms with E-state index in [9.17, 15) is 8.42 Å². The third kappa shape index (κ3) is 4.11. The number of sulfonamides is 1. The molecule has 1 aromatic carbocycles. The topological polar surface area (TPSA) is 99.2 Å². The van der Waals surface area contributed by atoms with Gasteiger partial charge in [-0.15, -0.1) is 0 Å². The summed E-state index contributed by atoms with van der Waals surface area (Å²) in [5.41, 5.74) is 1.63. The first kappa shape index (κ1) is 18.3. The van der Waals surface area contributed by atoms with Crippen molar-refractivity contribution in [2.45, 2.75) is 17.4 Å². The number of benzene rings is 1. The predicted molar refractivity (Wildman–Crippen MR) is 104 cm³/mol. The van der Waals surface area contributed by atoms with Crippen LogP contribution in [0.4, 0.5) is 5.95 Å². The molecule has 2 aliphatic rings. The summed E-state index contributed by atoms with van der Waals surface area (Å²) in [6, 6.07) is 9.09. The SMILES string of the molecule is O=S(=O)(c1ccc(-c2ccnc(N[C@@H]3CCNC3)n2)cc1)N1CCNCC1. The predicted octanol–water partition coefficient (Wildman–Crippen LogP) is 0.511. The Morgan fingerprint density at radius 1 is 1.04 bits per heavy atom. The fraction of sp³-hybridized carbons (Fsp3) is 0.444. The Kier molecular flexibility index (Phi) is 5.35. The largest absolute Gasteiger partial charge is 0.350 e. The molecule has 0 amide bonds. The summed E-state index contributed by atoms with van der Waals surface area (Å²) < 4.78 is 27.0. The molecule has 144 valence electrons. The van der Waals surface area contributed by atoms with Crippen LogP contribution in [0, 0.1) is 0 Å². The lowest BCUT2D eigenvalue weighted by Gasteiger charge is -2.26. The molecule has 0 saturated carbocycles. The van der Waals surface area contributed by atoms with Crippen molar-refractivity contribution < 1.29 is 8.42 Å². The molecule has 9 heteroatoms. The smallest absolute Gasteiger partial charge is 0.243 e. The minimum Gasteiger partial charge on any atom is -0.350 e. The second kappa shape index (κ2) is 7.89. The van der Waals surface area contributed by atoms with E-state index in [1.807, 2.05) is 6.07 Å². The van der Waals surface area contributed by atoms with E-state index in [1.165, 1.54) is 4.31 Å². The molecular formula is C18H24N6O2S. The average Bonchev–Trinajstić information content (AvgIpc) is 3.22. The number of piperazine rings is 1.